The number of thioether (sulfide) groups is 1. The number of nitrogens with one attached hydrogen (secondary N) is 2. The molecule has 0 aliphatic heterocycles. The van der Waals surface area contributed by atoms with E-state index in [1.54, 1.807) is 0 Å². The number of hydrogen-bond donors (Lipinski definition) is 2. The Morgan fingerprint density at radius 2 is 2.29 bits per heavy atom. The lowest BCUT2D eigenvalue weighted by molar-refractivity contribution is 0.733. The van der Waals surface area contributed by atoms with Crippen molar-refractivity contribution in [1.29, 1.82) is 0 Å². The lowest BCUT2D eigenvalue weighted by atomic mass is 10.1. The molecule has 0 saturated heterocycles. The highest BCUT2D eigenvalue weighted by Crippen LogP contribution is 2.13. The number of hydrogen-bond acceptors (Lipinski definition) is 2. The average Bonchev–Trinajstić information content (AvgIpc) is 2.81. The van der Waals surface area contributed by atoms with Gasteiger partial charge in [0.15, 0.2) is 0 Å². The molecule has 2 N–H and O–H groups in total. The smallest absolute Gasteiger partial charge is 0.0454 e. The Morgan fingerprint density at radius 1 is 1.35 bits per heavy atom. The molecule has 1 heterocycles. The summed E-state index contributed by atoms with van der Waals surface area (Å²) < 4.78 is 0. The average molecular weight is 246 g/mol. The maximum Gasteiger partial charge on any atom is 0.0454 e. The monoisotopic (exact) mass is 246 g/mol. The number of aromatic nitrogens is 1. The third kappa shape index (κ3) is 3.65. The van der Waals surface area contributed by atoms with Gasteiger partial charge >= 0.3 is 0 Å². The van der Waals surface area contributed by atoms with E-state index in [1.807, 2.05) is 24.0 Å². The maximum atomic E-state index is 3.71. The lowest BCUT2D eigenvalue weighted by Gasteiger charge is -2.04. The molecule has 0 saturated carbocycles. The van der Waals surface area contributed by atoms with Crippen LogP contribution < -0.4 is 5.32 Å². The molecule has 0 unspecified atom stereocenters. The number of H-pyrrole nitrogens is 1. The summed E-state index contributed by atoms with van der Waals surface area (Å²) in [4.78, 5) is 3.20. The van der Waals surface area contributed by atoms with Crippen molar-refractivity contribution in [3.05, 3.63) is 48.7 Å². The Labute approximate surface area is 106 Å². The molecule has 0 fully saturated rings. The Morgan fingerprint density at radius 3 is 3.18 bits per heavy atom. The summed E-state index contributed by atoms with van der Waals surface area (Å²) in [5.74, 6) is 2.18. The van der Waals surface area contributed by atoms with Crippen molar-refractivity contribution in [3.8, 4) is 0 Å². The van der Waals surface area contributed by atoms with E-state index in [0.29, 0.717) is 0 Å². The van der Waals surface area contributed by atoms with Gasteiger partial charge in [-0.1, -0.05) is 12.1 Å². The fourth-order valence-corrected chi connectivity index (χ4v) is 2.38. The van der Waals surface area contributed by atoms with Crippen LogP contribution in [0.25, 0.3) is 10.9 Å². The van der Waals surface area contributed by atoms with Gasteiger partial charge in [0.05, 0.1) is 0 Å². The first-order valence-electron chi connectivity index (χ1n) is 5.85. The van der Waals surface area contributed by atoms with Crippen molar-refractivity contribution in [2.75, 3.05) is 18.1 Å². The fraction of sp³-hybridized carbons (Fsp3) is 0.286. The molecule has 0 spiro atoms. The number of fused-ring (bicyclic) bond motifs is 1. The zero-order valence-electron chi connectivity index (χ0n) is 9.91. The van der Waals surface area contributed by atoms with E-state index in [4.69, 9.17) is 0 Å². The SMILES string of the molecule is C=CCSCCNCc1ccc2[nH]ccc2c1. The minimum absolute atomic E-state index is 0.940. The van der Waals surface area contributed by atoms with Gasteiger partial charge in [0.1, 0.15) is 0 Å². The van der Waals surface area contributed by atoms with E-state index in [0.717, 1.165) is 24.6 Å². The summed E-state index contributed by atoms with van der Waals surface area (Å²) in [5, 5.41) is 4.73. The van der Waals surface area contributed by atoms with Gasteiger partial charge in [-0.15, -0.1) is 6.58 Å². The highest BCUT2D eigenvalue weighted by molar-refractivity contribution is 7.99. The van der Waals surface area contributed by atoms with Crippen LogP contribution in [0.1, 0.15) is 5.56 Å². The van der Waals surface area contributed by atoms with E-state index in [-0.39, 0.29) is 0 Å². The summed E-state index contributed by atoms with van der Waals surface area (Å²) in [6.07, 6.45) is 3.93. The Hall–Kier alpha value is -1.19. The van der Waals surface area contributed by atoms with Gasteiger partial charge in [0, 0.05) is 36.3 Å². The predicted molar refractivity (Wildman–Crippen MR) is 77.5 cm³/mol. The number of aromatic amines is 1. The van der Waals surface area contributed by atoms with Crippen LogP contribution >= 0.6 is 11.8 Å². The zero-order chi connectivity index (χ0) is 11.9. The molecule has 0 bridgehead atoms. The molecule has 2 rings (SSSR count). The minimum atomic E-state index is 0.940. The van der Waals surface area contributed by atoms with Gasteiger partial charge in [0.2, 0.25) is 0 Å². The van der Waals surface area contributed by atoms with Gasteiger partial charge in [-0.05, 0) is 29.1 Å². The van der Waals surface area contributed by atoms with Crippen LogP contribution in [0.2, 0.25) is 0 Å². The molecule has 90 valence electrons. The van der Waals surface area contributed by atoms with Crippen LogP contribution in [-0.2, 0) is 6.54 Å². The molecule has 0 aliphatic carbocycles. The molecule has 3 heteroatoms. The van der Waals surface area contributed by atoms with E-state index in [2.05, 4.69) is 41.1 Å². The van der Waals surface area contributed by atoms with Gasteiger partial charge in [-0.3, -0.25) is 0 Å². The van der Waals surface area contributed by atoms with Crippen molar-refractivity contribution in [3.63, 3.8) is 0 Å². The molecule has 1 aromatic heterocycles. The van der Waals surface area contributed by atoms with Crippen molar-refractivity contribution in [2.24, 2.45) is 0 Å². The molecule has 0 atom stereocenters. The molecule has 1 aromatic carbocycles. The van der Waals surface area contributed by atoms with Crippen molar-refractivity contribution >= 4 is 22.7 Å². The van der Waals surface area contributed by atoms with Gasteiger partial charge in [0.25, 0.3) is 0 Å². The van der Waals surface area contributed by atoms with E-state index >= 15 is 0 Å². The van der Waals surface area contributed by atoms with Crippen LogP contribution in [-0.4, -0.2) is 23.0 Å². The normalized spacial score (nSPS) is 10.8. The highest BCUT2D eigenvalue weighted by atomic mass is 32.2. The quantitative estimate of drug-likeness (QED) is 0.580. The first-order chi connectivity index (χ1) is 8.40. The predicted octanol–water partition coefficient (Wildman–Crippen LogP) is 3.18. The second kappa shape index (κ2) is 6.52. The van der Waals surface area contributed by atoms with Gasteiger partial charge in [-0.25, -0.2) is 0 Å². The van der Waals surface area contributed by atoms with Crippen LogP contribution in [0.15, 0.2) is 43.1 Å². The van der Waals surface area contributed by atoms with Crippen LogP contribution in [0, 0.1) is 0 Å². The van der Waals surface area contributed by atoms with Crippen molar-refractivity contribution in [2.45, 2.75) is 6.54 Å². The van der Waals surface area contributed by atoms with E-state index in [9.17, 15) is 0 Å². The first kappa shape index (κ1) is 12.3. The Balaban J connectivity index is 1.76. The molecule has 2 nitrogen and oxygen atoms in total. The third-order valence-corrected chi connectivity index (χ3v) is 3.57. The summed E-state index contributed by atoms with van der Waals surface area (Å²) in [6, 6.07) is 8.65. The molecule has 0 aliphatic rings. The number of rotatable bonds is 7. The second-order valence-electron chi connectivity index (χ2n) is 3.94. The van der Waals surface area contributed by atoms with Crippen LogP contribution in [0.5, 0.6) is 0 Å². The third-order valence-electron chi connectivity index (χ3n) is 2.61. The Kier molecular flexibility index (Phi) is 4.71. The largest absolute Gasteiger partial charge is 0.361 e. The summed E-state index contributed by atoms with van der Waals surface area (Å²) in [6.45, 7) is 5.69. The molecular weight excluding hydrogens is 228 g/mol. The minimum Gasteiger partial charge on any atom is -0.361 e. The lowest BCUT2D eigenvalue weighted by Crippen LogP contribution is -2.16. The molecule has 2 aromatic rings. The maximum absolute atomic E-state index is 3.71. The molecule has 17 heavy (non-hydrogen) atoms. The van der Waals surface area contributed by atoms with Crippen LogP contribution in [0.4, 0.5) is 0 Å². The topological polar surface area (TPSA) is 27.8 Å². The van der Waals surface area contributed by atoms with Crippen LogP contribution in [0.3, 0.4) is 0 Å². The molecule has 0 amide bonds. The summed E-state index contributed by atoms with van der Waals surface area (Å²) >= 11 is 1.91. The molecular formula is C14H18N2S. The van der Waals surface area contributed by atoms with Crippen molar-refractivity contribution < 1.29 is 0 Å². The Bertz CT molecular complexity index is 476. The van der Waals surface area contributed by atoms with Gasteiger partial charge < -0.3 is 10.3 Å². The fourth-order valence-electron chi connectivity index (χ4n) is 1.76. The first-order valence-corrected chi connectivity index (χ1v) is 7.01. The second-order valence-corrected chi connectivity index (χ2v) is 5.09. The summed E-state index contributed by atoms with van der Waals surface area (Å²) in [7, 11) is 0. The number of benzene rings is 1. The molecule has 0 radical (unpaired) electrons. The standard InChI is InChI=1S/C14H18N2S/c1-2-8-17-9-7-15-11-12-3-4-14-13(10-12)5-6-16-14/h2-6,10,15-16H,1,7-9,11H2. The highest BCUT2D eigenvalue weighted by Gasteiger charge is 1.96. The van der Waals surface area contributed by atoms with Crippen molar-refractivity contribution in [1.82, 2.24) is 10.3 Å². The van der Waals surface area contributed by atoms with E-state index < -0.39 is 0 Å². The van der Waals surface area contributed by atoms with Gasteiger partial charge in [-0.2, -0.15) is 11.8 Å². The zero-order valence-corrected chi connectivity index (χ0v) is 10.7. The van der Waals surface area contributed by atoms with E-state index in [1.165, 1.54) is 16.5 Å². The summed E-state index contributed by atoms with van der Waals surface area (Å²) in [5.41, 5.74) is 2.54.